The number of urea groups is 1. The van der Waals surface area contributed by atoms with E-state index in [1.165, 1.54) is 17.7 Å². The maximum absolute atomic E-state index is 13.8. The number of aliphatic hydroxyl groups is 1. The number of nitrogens with one attached hydrogen (secondary N) is 1. The minimum Gasteiger partial charge on any atom is -0.490 e. The Labute approximate surface area is 264 Å². The molecule has 3 saturated heterocycles. The van der Waals surface area contributed by atoms with Gasteiger partial charge in [0.15, 0.2) is 0 Å². The molecular formula is C32H43Cl2N5O4. The molecule has 3 aliphatic rings. The zero-order valence-electron chi connectivity index (χ0n) is 25.1. The topological polar surface area (TPSA) is 98.2 Å². The van der Waals surface area contributed by atoms with Crippen molar-refractivity contribution in [2.24, 2.45) is 0 Å². The largest absolute Gasteiger partial charge is 0.490 e. The van der Waals surface area contributed by atoms with Gasteiger partial charge in [-0.25, -0.2) is 4.79 Å². The molecule has 9 nitrogen and oxygen atoms in total. The van der Waals surface area contributed by atoms with Crippen LogP contribution in [-0.2, 0) is 11.2 Å². The van der Waals surface area contributed by atoms with E-state index < -0.39 is 11.6 Å². The van der Waals surface area contributed by atoms with Gasteiger partial charge in [0.25, 0.3) is 0 Å². The van der Waals surface area contributed by atoms with E-state index >= 15 is 0 Å². The minimum atomic E-state index is -0.905. The van der Waals surface area contributed by atoms with Crippen molar-refractivity contribution in [3.05, 3.63) is 57.8 Å². The molecule has 11 heteroatoms. The fourth-order valence-corrected chi connectivity index (χ4v) is 6.95. The number of aromatic nitrogens is 1. The number of piperidine rings is 1. The van der Waals surface area contributed by atoms with Gasteiger partial charge >= 0.3 is 6.03 Å². The molecule has 0 bridgehead atoms. The lowest BCUT2D eigenvalue weighted by Gasteiger charge is -2.44. The van der Waals surface area contributed by atoms with E-state index in [4.69, 9.17) is 32.9 Å². The van der Waals surface area contributed by atoms with Crippen LogP contribution in [0.1, 0.15) is 63.1 Å². The van der Waals surface area contributed by atoms with Crippen LogP contribution in [0.3, 0.4) is 0 Å². The van der Waals surface area contributed by atoms with Gasteiger partial charge in [-0.1, -0.05) is 36.2 Å². The fourth-order valence-electron chi connectivity index (χ4n) is 6.47. The third-order valence-corrected chi connectivity index (χ3v) is 9.52. The summed E-state index contributed by atoms with van der Waals surface area (Å²) in [6.07, 6.45) is 7.10. The Kier molecular flexibility index (Phi) is 10.4. The predicted molar refractivity (Wildman–Crippen MR) is 168 cm³/mol. The highest BCUT2D eigenvalue weighted by Gasteiger charge is 2.41. The summed E-state index contributed by atoms with van der Waals surface area (Å²) in [6, 6.07) is 8.29. The van der Waals surface area contributed by atoms with Gasteiger partial charge < -0.3 is 25.0 Å². The molecule has 1 aromatic carbocycles. The Morgan fingerprint density at radius 1 is 1.12 bits per heavy atom. The molecule has 0 aliphatic carbocycles. The maximum atomic E-state index is 13.8. The highest BCUT2D eigenvalue weighted by atomic mass is 35.5. The summed E-state index contributed by atoms with van der Waals surface area (Å²) in [5.41, 5.74) is 0.774. The fraction of sp³-hybridized carbons (Fsp3) is 0.594. The van der Waals surface area contributed by atoms with Gasteiger partial charge in [0.2, 0.25) is 5.91 Å². The summed E-state index contributed by atoms with van der Waals surface area (Å²) in [7, 11) is 0. The molecular weight excluding hydrogens is 589 g/mol. The number of carbonyl (C=O) groups is 2. The van der Waals surface area contributed by atoms with E-state index in [0.29, 0.717) is 35.8 Å². The molecule has 0 unspecified atom stereocenters. The quantitative estimate of drug-likeness (QED) is 0.393. The SMILES string of the molecule is CC[C@H](COc1cccnc1C1CCN(C(=O)[C@@H](Cc2ccc(Cl)cc2Cl)NC(=O)N2CC(C)(O)C2)CC1)N1CCCC1. The van der Waals surface area contributed by atoms with Crippen molar-refractivity contribution >= 4 is 35.1 Å². The number of hydrogen-bond donors (Lipinski definition) is 2. The van der Waals surface area contributed by atoms with E-state index in [9.17, 15) is 14.7 Å². The number of hydrogen-bond acceptors (Lipinski definition) is 6. The van der Waals surface area contributed by atoms with Crippen molar-refractivity contribution < 1.29 is 19.4 Å². The summed E-state index contributed by atoms with van der Waals surface area (Å²) >= 11 is 12.5. The summed E-state index contributed by atoms with van der Waals surface area (Å²) in [5, 5.41) is 14.0. The van der Waals surface area contributed by atoms with Gasteiger partial charge in [-0.05, 0) is 81.9 Å². The lowest BCUT2D eigenvalue weighted by Crippen LogP contribution is -2.65. The number of rotatable bonds is 10. The van der Waals surface area contributed by atoms with Crippen LogP contribution in [0.15, 0.2) is 36.5 Å². The first-order chi connectivity index (χ1) is 20.6. The van der Waals surface area contributed by atoms with Crippen LogP contribution in [0.25, 0.3) is 0 Å². The second-order valence-electron chi connectivity index (χ2n) is 12.4. The van der Waals surface area contributed by atoms with Gasteiger partial charge in [0.1, 0.15) is 18.4 Å². The van der Waals surface area contributed by atoms with Crippen LogP contribution in [-0.4, -0.2) is 100 Å². The molecule has 3 aliphatic heterocycles. The molecule has 43 heavy (non-hydrogen) atoms. The second-order valence-corrected chi connectivity index (χ2v) is 13.2. The van der Waals surface area contributed by atoms with Crippen LogP contribution in [0.2, 0.25) is 10.0 Å². The summed E-state index contributed by atoms with van der Waals surface area (Å²) in [4.78, 5) is 37.4. The molecule has 5 rings (SSSR count). The van der Waals surface area contributed by atoms with Crippen molar-refractivity contribution in [1.29, 1.82) is 0 Å². The first-order valence-corrected chi connectivity index (χ1v) is 16.2. The monoisotopic (exact) mass is 631 g/mol. The molecule has 0 spiro atoms. The van der Waals surface area contributed by atoms with E-state index in [2.05, 4.69) is 17.1 Å². The number of benzene rings is 1. The number of likely N-dealkylation sites (tertiary alicyclic amines) is 3. The van der Waals surface area contributed by atoms with Gasteiger partial charge in [-0.3, -0.25) is 14.7 Å². The van der Waals surface area contributed by atoms with Crippen LogP contribution >= 0.6 is 23.2 Å². The Morgan fingerprint density at radius 2 is 1.84 bits per heavy atom. The molecule has 1 aromatic heterocycles. The Bertz CT molecular complexity index is 1270. The molecule has 234 valence electrons. The van der Waals surface area contributed by atoms with Crippen molar-refractivity contribution in [2.75, 3.05) is 45.9 Å². The minimum absolute atomic E-state index is 0.154. The average Bonchev–Trinajstić information content (AvgIpc) is 3.52. The Balaban J connectivity index is 1.23. The molecule has 2 atom stereocenters. The third-order valence-electron chi connectivity index (χ3n) is 8.94. The van der Waals surface area contributed by atoms with Crippen LogP contribution in [0, 0.1) is 0 Å². The van der Waals surface area contributed by atoms with Crippen LogP contribution < -0.4 is 10.1 Å². The number of pyridine rings is 1. The second kappa shape index (κ2) is 14.0. The zero-order chi connectivity index (χ0) is 30.6. The predicted octanol–water partition coefficient (Wildman–Crippen LogP) is 4.74. The van der Waals surface area contributed by atoms with E-state index in [1.807, 2.05) is 23.2 Å². The first kappa shape index (κ1) is 31.8. The van der Waals surface area contributed by atoms with Crippen LogP contribution in [0.5, 0.6) is 5.75 Å². The van der Waals surface area contributed by atoms with E-state index in [0.717, 1.165) is 49.4 Å². The van der Waals surface area contributed by atoms with Gasteiger partial charge in [-0.2, -0.15) is 0 Å². The first-order valence-electron chi connectivity index (χ1n) is 15.5. The van der Waals surface area contributed by atoms with Crippen molar-refractivity contribution in [3.63, 3.8) is 0 Å². The van der Waals surface area contributed by atoms with Gasteiger partial charge in [0.05, 0.1) is 24.4 Å². The highest BCUT2D eigenvalue weighted by molar-refractivity contribution is 6.35. The Hall–Kier alpha value is -2.59. The summed E-state index contributed by atoms with van der Waals surface area (Å²) in [6.45, 7) is 8.35. The molecule has 0 radical (unpaired) electrons. The number of β-amino-alcohol motifs (C(OH)–C–C–N with tert-alkyl or cyclic N) is 1. The van der Waals surface area contributed by atoms with E-state index in [1.54, 1.807) is 25.1 Å². The number of carbonyl (C=O) groups excluding carboxylic acids is 2. The number of nitrogens with zero attached hydrogens (tertiary/aromatic N) is 4. The zero-order valence-corrected chi connectivity index (χ0v) is 26.6. The smallest absolute Gasteiger partial charge is 0.318 e. The maximum Gasteiger partial charge on any atom is 0.318 e. The van der Waals surface area contributed by atoms with Gasteiger partial charge in [0, 0.05) is 47.7 Å². The van der Waals surface area contributed by atoms with Gasteiger partial charge in [-0.15, -0.1) is 0 Å². The number of ether oxygens (including phenoxy) is 1. The lowest BCUT2D eigenvalue weighted by atomic mass is 9.91. The molecule has 3 fully saturated rings. The summed E-state index contributed by atoms with van der Waals surface area (Å²) < 4.78 is 6.37. The standard InChI is InChI=1S/C32H43Cl2N5O4/c1-3-25(37-13-4-5-14-37)19-43-28-7-6-12-35-29(28)22-10-15-38(16-11-22)30(40)27(17-23-8-9-24(33)18-26(23)34)36-31(41)39-20-32(2,42)21-39/h6-9,12,18,22,25,27,42H,3-5,10-11,13-17,19-21H2,1-2H3,(H,36,41)/t25-,27-/m1/s1. The Morgan fingerprint density at radius 3 is 2.49 bits per heavy atom. The van der Waals surface area contributed by atoms with Crippen LogP contribution in [0.4, 0.5) is 4.79 Å². The average molecular weight is 633 g/mol. The van der Waals surface area contributed by atoms with Crippen molar-refractivity contribution in [3.8, 4) is 5.75 Å². The van der Waals surface area contributed by atoms with E-state index in [-0.39, 0.29) is 37.4 Å². The van der Waals surface area contributed by atoms with Crippen molar-refractivity contribution in [1.82, 2.24) is 25.0 Å². The number of halogens is 2. The molecule has 0 saturated carbocycles. The lowest BCUT2D eigenvalue weighted by molar-refractivity contribution is -0.134. The van der Waals surface area contributed by atoms with Crippen molar-refractivity contribution in [2.45, 2.75) is 76.0 Å². The number of amides is 3. The summed E-state index contributed by atoms with van der Waals surface area (Å²) in [5.74, 6) is 0.853. The molecule has 2 aromatic rings. The highest BCUT2D eigenvalue weighted by Crippen LogP contribution is 2.33. The third kappa shape index (κ3) is 7.93. The molecule has 3 amide bonds. The molecule has 4 heterocycles. The molecule has 2 N–H and O–H groups in total. The normalized spacial score (nSPS) is 20.4.